The van der Waals surface area contributed by atoms with Crippen LogP contribution in [0, 0.1) is 0 Å². The summed E-state index contributed by atoms with van der Waals surface area (Å²) in [5.41, 5.74) is 0.863. The number of hydrogen-bond donors (Lipinski definition) is 1. The molecule has 0 rings (SSSR count). The second-order valence-electron chi connectivity index (χ2n) is 3.57. The molecule has 0 unspecified atom stereocenters. The lowest BCUT2D eigenvalue weighted by Gasteiger charge is -1.99. The lowest BCUT2D eigenvalue weighted by molar-refractivity contribution is -0.120. The second-order valence-corrected chi connectivity index (χ2v) is 3.57. The Morgan fingerprint density at radius 2 is 2.11 bits per heavy atom. The third kappa shape index (κ3) is 10.5. The average Bonchev–Trinajstić information content (AvgIpc) is 2.35. The highest BCUT2D eigenvalue weighted by molar-refractivity contribution is 5.93. The fraction of sp³-hybridized carbons (Fsp3) is 0.357. The lowest BCUT2D eigenvalue weighted by Crippen LogP contribution is -2.22. The largest absolute Gasteiger partial charge is 0.353 e. The topological polar surface area (TPSA) is 58.5 Å². The Hall–Kier alpha value is -1.97. The van der Waals surface area contributed by atoms with Crippen molar-refractivity contribution < 1.29 is 9.59 Å². The Morgan fingerprint density at radius 3 is 2.78 bits per heavy atom. The van der Waals surface area contributed by atoms with Gasteiger partial charge in [0.15, 0.2) is 0 Å². The maximum absolute atomic E-state index is 11.4. The highest BCUT2D eigenvalue weighted by atomic mass is 16.1. The molecule has 0 aliphatic carbocycles. The summed E-state index contributed by atoms with van der Waals surface area (Å²) in [7, 11) is 0. The van der Waals surface area contributed by atoms with E-state index in [1.165, 1.54) is 6.20 Å². The summed E-state index contributed by atoms with van der Waals surface area (Å²) < 4.78 is 0. The van der Waals surface area contributed by atoms with Crippen LogP contribution in [0.1, 0.15) is 26.2 Å². The molecule has 18 heavy (non-hydrogen) atoms. The van der Waals surface area contributed by atoms with E-state index in [-0.39, 0.29) is 5.91 Å². The van der Waals surface area contributed by atoms with Crippen LogP contribution in [0.15, 0.2) is 42.1 Å². The third-order valence-electron chi connectivity index (χ3n) is 2.01. The van der Waals surface area contributed by atoms with Crippen molar-refractivity contribution in [3.05, 3.63) is 37.1 Å². The minimum absolute atomic E-state index is 0.00582. The SMILES string of the molecule is C=C/N=C(C)\C=C/CCC(=O)NC/C=C/CC=O. The molecule has 0 radical (unpaired) electrons. The van der Waals surface area contributed by atoms with Gasteiger partial charge < -0.3 is 10.1 Å². The molecule has 0 saturated heterocycles. The first-order chi connectivity index (χ1) is 8.70. The Kier molecular flexibility index (Phi) is 10.3. The molecule has 98 valence electrons. The van der Waals surface area contributed by atoms with Gasteiger partial charge in [-0.3, -0.25) is 9.79 Å². The molecule has 0 aromatic rings. The summed E-state index contributed by atoms with van der Waals surface area (Å²) in [6, 6.07) is 0. The van der Waals surface area contributed by atoms with Gasteiger partial charge in [-0.15, -0.1) is 0 Å². The number of amides is 1. The predicted octanol–water partition coefficient (Wildman–Crippen LogP) is 2.19. The van der Waals surface area contributed by atoms with Crippen molar-refractivity contribution >= 4 is 17.9 Å². The molecule has 0 aromatic carbocycles. The van der Waals surface area contributed by atoms with Crippen LogP contribution in [-0.4, -0.2) is 24.4 Å². The molecule has 0 aliphatic rings. The van der Waals surface area contributed by atoms with Gasteiger partial charge in [-0.1, -0.05) is 24.8 Å². The van der Waals surface area contributed by atoms with Gasteiger partial charge in [-0.25, -0.2) is 0 Å². The van der Waals surface area contributed by atoms with E-state index in [9.17, 15) is 9.59 Å². The molecule has 0 bridgehead atoms. The van der Waals surface area contributed by atoms with Crippen LogP contribution >= 0.6 is 0 Å². The number of rotatable bonds is 9. The smallest absolute Gasteiger partial charge is 0.220 e. The Morgan fingerprint density at radius 1 is 1.33 bits per heavy atom. The van der Waals surface area contributed by atoms with E-state index in [2.05, 4.69) is 16.9 Å². The van der Waals surface area contributed by atoms with Gasteiger partial charge in [0.25, 0.3) is 0 Å². The van der Waals surface area contributed by atoms with E-state index in [0.29, 0.717) is 25.8 Å². The molecule has 0 spiro atoms. The zero-order valence-corrected chi connectivity index (χ0v) is 10.8. The van der Waals surface area contributed by atoms with Crippen LogP contribution in [0.2, 0.25) is 0 Å². The van der Waals surface area contributed by atoms with Crippen molar-refractivity contribution in [1.82, 2.24) is 5.32 Å². The number of nitrogens with zero attached hydrogens (tertiary/aromatic N) is 1. The number of nitrogens with one attached hydrogen (secondary N) is 1. The minimum Gasteiger partial charge on any atom is -0.353 e. The molecule has 4 nitrogen and oxygen atoms in total. The molecule has 0 aliphatic heterocycles. The van der Waals surface area contributed by atoms with Crippen molar-refractivity contribution in [3.63, 3.8) is 0 Å². The summed E-state index contributed by atoms with van der Waals surface area (Å²) in [5, 5.41) is 2.73. The number of allylic oxidation sites excluding steroid dienone is 3. The molecular weight excluding hydrogens is 228 g/mol. The van der Waals surface area contributed by atoms with Crippen LogP contribution in [0.4, 0.5) is 0 Å². The Balaban J connectivity index is 3.68. The van der Waals surface area contributed by atoms with Gasteiger partial charge in [0, 0.05) is 31.3 Å². The van der Waals surface area contributed by atoms with E-state index in [1.54, 1.807) is 12.2 Å². The first-order valence-electron chi connectivity index (χ1n) is 5.88. The molecular formula is C14H20N2O2. The van der Waals surface area contributed by atoms with Gasteiger partial charge in [0.1, 0.15) is 6.29 Å². The number of aldehydes is 1. The fourth-order valence-electron chi connectivity index (χ4n) is 1.15. The zero-order valence-electron chi connectivity index (χ0n) is 10.8. The predicted molar refractivity (Wildman–Crippen MR) is 74.5 cm³/mol. The van der Waals surface area contributed by atoms with Gasteiger partial charge in [0.2, 0.25) is 5.91 Å². The number of carbonyl (C=O) groups is 2. The summed E-state index contributed by atoms with van der Waals surface area (Å²) in [4.78, 5) is 25.3. The van der Waals surface area contributed by atoms with Crippen LogP contribution < -0.4 is 5.32 Å². The lowest BCUT2D eigenvalue weighted by atomic mass is 10.2. The summed E-state index contributed by atoms with van der Waals surface area (Å²) in [6.45, 7) is 5.84. The quantitative estimate of drug-likeness (QED) is 0.386. The van der Waals surface area contributed by atoms with Gasteiger partial charge in [-0.2, -0.15) is 0 Å². The zero-order chi connectivity index (χ0) is 13.6. The summed E-state index contributed by atoms with van der Waals surface area (Å²) in [5.74, 6) is -0.00582. The highest BCUT2D eigenvalue weighted by Crippen LogP contribution is 1.92. The van der Waals surface area contributed by atoms with E-state index < -0.39 is 0 Å². The van der Waals surface area contributed by atoms with E-state index in [0.717, 1.165) is 12.0 Å². The fourth-order valence-corrected chi connectivity index (χ4v) is 1.15. The van der Waals surface area contributed by atoms with Crippen molar-refractivity contribution in [2.45, 2.75) is 26.2 Å². The van der Waals surface area contributed by atoms with Gasteiger partial charge in [0.05, 0.1) is 0 Å². The molecule has 0 atom stereocenters. The summed E-state index contributed by atoms with van der Waals surface area (Å²) >= 11 is 0. The Bertz CT molecular complexity index is 355. The van der Waals surface area contributed by atoms with Gasteiger partial charge >= 0.3 is 0 Å². The van der Waals surface area contributed by atoms with Crippen LogP contribution in [0.25, 0.3) is 0 Å². The van der Waals surface area contributed by atoms with E-state index in [4.69, 9.17) is 0 Å². The molecule has 0 heterocycles. The summed E-state index contributed by atoms with van der Waals surface area (Å²) in [6.07, 6.45) is 11.1. The maximum Gasteiger partial charge on any atom is 0.220 e. The normalized spacial score (nSPS) is 11.9. The third-order valence-corrected chi connectivity index (χ3v) is 2.01. The molecule has 0 aromatic heterocycles. The van der Waals surface area contributed by atoms with E-state index in [1.807, 2.05) is 19.1 Å². The number of carbonyl (C=O) groups excluding carboxylic acids is 2. The standard InChI is InChI=1S/C14H20N2O2/c1-3-15-13(2)9-5-6-10-14(18)16-11-7-4-8-12-17/h3-5,7,9,12H,1,6,8,10-11H2,2H3,(H,16,18)/b7-4+,9-5-,15-13-. The monoisotopic (exact) mass is 248 g/mol. The molecule has 1 N–H and O–H groups in total. The number of aliphatic imine (C=N–C) groups is 1. The van der Waals surface area contributed by atoms with Crippen LogP contribution in [0.5, 0.6) is 0 Å². The van der Waals surface area contributed by atoms with Gasteiger partial charge in [-0.05, 0) is 19.4 Å². The molecule has 0 saturated carbocycles. The van der Waals surface area contributed by atoms with Crippen LogP contribution in [-0.2, 0) is 9.59 Å². The first kappa shape index (κ1) is 16.0. The van der Waals surface area contributed by atoms with Crippen molar-refractivity contribution in [2.75, 3.05) is 6.54 Å². The minimum atomic E-state index is -0.00582. The first-order valence-corrected chi connectivity index (χ1v) is 5.88. The van der Waals surface area contributed by atoms with Crippen molar-refractivity contribution in [3.8, 4) is 0 Å². The van der Waals surface area contributed by atoms with Crippen molar-refractivity contribution in [1.29, 1.82) is 0 Å². The maximum atomic E-state index is 11.4. The average molecular weight is 248 g/mol. The molecule has 1 amide bonds. The molecule has 4 heteroatoms. The second kappa shape index (κ2) is 11.5. The highest BCUT2D eigenvalue weighted by Gasteiger charge is 1.96. The van der Waals surface area contributed by atoms with E-state index >= 15 is 0 Å². The van der Waals surface area contributed by atoms with Crippen molar-refractivity contribution in [2.24, 2.45) is 4.99 Å². The molecule has 0 fully saturated rings. The Labute approximate surface area is 108 Å². The number of hydrogen-bond acceptors (Lipinski definition) is 3. The van der Waals surface area contributed by atoms with Crippen LogP contribution in [0.3, 0.4) is 0 Å².